The molecule has 1 aliphatic carbocycles. The standard InChI is InChI=1S/C13H15N3S/c1-2-10(7-14-5-1)6-13-16-9-12(17-13)8-15-11-3-4-11/h1-2,5,7,9,11,15H,3-4,6,8H2. The molecule has 17 heavy (non-hydrogen) atoms. The van der Waals surface area contributed by atoms with Gasteiger partial charge in [0.05, 0.1) is 5.01 Å². The van der Waals surface area contributed by atoms with Crippen molar-refractivity contribution < 1.29 is 0 Å². The van der Waals surface area contributed by atoms with Crippen molar-refractivity contribution in [2.45, 2.75) is 31.8 Å². The van der Waals surface area contributed by atoms with Gasteiger partial charge in [-0.3, -0.25) is 4.98 Å². The van der Waals surface area contributed by atoms with Crippen LogP contribution in [-0.4, -0.2) is 16.0 Å². The summed E-state index contributed by atoms with van der Waals surface area (Å²) in [7, 11) is 0. The number of rotatable bonds is 5. The molecular weight excluding hydrogens is 230 g/mol. The summed E-state index contributed by atoms with van der Waals surface area (Å²) in [4.78, 5) is 9.91. The fourth-order valence-electron chi connectivity index (χ4n) is 1.72. The lowest BCUT2D eigenvalue weighted by atomic mass is 10.2. The summed E-state index contributed by atoms with van der Waals surface area (Å²) in [6.45, 7) is 0.968. The first-order chi connectivity index (χ1) is 8.40. The number of hydrogen-bond donors (Lipinski definition) is 1. The third-order valence-corrected chi connectivity index (χ3v) is 3.82. The molecule has 0 bridgehead atoms. The lowest BCUT2D eigenvalue weighted by molar-refractivity contribution is 0.694. The Morgan fingerprint density at radius 3 is 3.06 bits per heavy atom. The van der Waals surface area contributed by atoms with Crippen LogP contribution in [0.25, 0.3) is 0 Å². The number of nitrogens with one attached hydrogen (secondary N) is 1. The highest BCUT2D eigenvalue weighted by molar-refractivity contribution is 7.11. The maximum Gasteiger partial charge on any atom is 0.0972 e. The Kier molecular flexibility index (Phi) is 3.16. The van der Waals surface area contributed by atoms with Crippen LogP contribution in [0.15, 0.2) is 30.7 Å². The second kappa shape index (κ2) is 4.94. The monoisotopic (exact) mass is 245 g/mol. The van der Waals surface area contributed by atoms with E-state index in [9.17, 15) is 0 Å². The van der Waals surface area contributed by atoms with Crippen molar-refractivity contribution in [2.24, 2.45) is 0 Å². The molecule has 88 valence electrons. The number of hydrogen-bond acceptors (Lipinski definition) is 4. The Morgan fingerprint density at radius 1 is 1.35 bits per heavy atom. The van der Waals surface area contributed by atoms with E-state index in [0.717, 1.165) is 19.0 Å². The van der Waals surface area contributed by atoms with Crippen molar-refractivity contribution in [3.63, 3.8) is 0 Å². The molecule has 0 atom stereocenters. The quantitative estimate of drug-likeness (QED) is 0.879. The first-order valence-corrected chi connectivity index (χ1v) is 6.78. The maximum absolute atomic E-state index is 4.46. The molecular formula is C13H15N3S. The molecule has 2 aromatic rings. The van der Waals surface area contributed by atoms with Gasteiger partial charge in [0, 0.05) is 42.5 Å². The van der Waals surface area contributed by atoms with Gasteiger partial charge < -0.3 is 5.32 Å². The SMILES string of the molecule is c1cncc(Cc2ncc(CNC3CC3)s2)c1. The largest absolute Gasteiger partial charge is 0.309 e. The third kappa shape index (κ3) is 3.11. The number of nitrogens with zero attached hydrogens (tertiary/aromatic N) is 2. The molecule has 0 saturated heterocycles. The second-order valence-electron chi connectivity index (χ2n) is 4.41. The summed E-state index contributed by atoms with van der Waals surface area (Å²) >= 11 is 1.80. The van der Waals surface area contributed by atoms with E-state index < -0.39 is 0 Å². The van der Waals surface area contributed by atoms with Crippen molar-refractivity contribution in [1.82, 2.24) is 15.3 Å². The van der Waals surface area contributed by atoms with Crippen LogP contribution in [-0.2, 0) is 13.0 Å². The van der Waals surface area contributed by atoms with Gasteiger partial charge in [0.15, 0.2) is 0 Å². The van der Waals surface area contributed by atoms with Crippen LogP contribution in [0.2, 0.25) is 0 Å². The Labute approximate surface area is 105 Å². The average molecular weight is 245 g/mol. The first-order valence-electron chi connectivity index (χ1n) is 5.96. The van der Waals surface area contributed by atoms with Gasteiger partial charge in [-0.15, -0.1) is 11.3 Å². The molecule has 1 aliphatic rings. The van der Waals surface area contributed by atoms with E-state index in [1.54, 1.807) is 17.5 Å². The molecule has 1 saturated carbocycles. The van der Waals surface area contributed by atoms with E-state index in [0.29, 0.717) is 0 Å². The van der Waals surface area contributed by atoms with Crippen LogP contribution in [0, 0.1) is 0 Å². The summed E-state index contributed by atoms with van der Waals surface area (Å²) in [5.41, 5.74) is 1.23. The predicted molar refractivity (Wildman–Crippen MR) is 69.0 cm³/mol. The van der Waals surface area contributed by atoms with Gasteiger partial charge in [-0.1, -0.05) is 6.07 Å². The zero-order valence-corrected chi connectivity index (χ0v) is 10.4. The van der Waals surface area contributed by atoms with Crippen LogP contribution in [0.4, 0.5) is 0 Å². The van der Waals surface area contributed by atoms with Crippen molar-refractivity contribution in [2.75, 3.05) is 0 Å². The van der Waals surface area contributed by atoms with Crippen LogP contribution in [0.3, 0.4) is 0 Å². The van der Waals surface area contributed by atoms with Crippen molar-refractivity contribution in [3.8, 4) is 0 Å². The van der Waals surface area contributed by atoms with E-state index >= 15 is 0 Å². The second-order valence-corrected chi connectivity index (χ2v) is 5.61. The molecule has 0 aliphatic heterocycles. The van der Waals surface area contributed by atoms with E-state index in [1.807, 2.05) is 18.5 Å². The smallest absolute Gasteiger partial charge is 0.0972 e. The number of thiazole rings is 1. The third-order valence-electron chi connectivity index (χ3n) is 2.82. The molecule has 3 nitrogen and oxygen atoms in total. The molecule has 0 unspecified atom stereocenters. The first kappa shape index (κ1) is 10.9. The minimum atomic E-state index is 0.763. The Balaban J connectivity index is 1.59. The van der Waals surface area contributed by atoms with Crippen molar-refractivity contribution in [3.05, 3.63) is 46.2 Å². The highest BCUT2D eigenvalue weighted by Gasteiger charge is 2.20. The zero-order chi connectivity index (χ0) is 11.5. The van der Waals surface area contributed by atoms with E-state index in [2.05, 4.69) is 21.4 Å². The average Bonchev–Trinajstić information content (AvgIpc) is 3.09. The van der Waals surface area contributed by atoms with Gasteiger partial charge >= 0.3 is 0 Å². The molecule has 0 aromatic carbocycles. The van der Waals surface area contributed by atoms with Crippen LogP contribution in [0.5, 0.6) is 0 Å². The fraction of sp³-hybridized carbons (Fsp3) is 0.385. The molecule has 0 amide bonds. The summed E-state index contributed by atoms with van der Waals surface area (Å²) in [6, 6.07) is 4.83. The molecule has 2 aromatic heterocycles. The summed E-state index contributed by atoms with van der Waals surface area (Å²) in [5, 5.41) is 4.68. The van der Waals surface area contributed by atoms with Gasteiger partial charge in [-0.2, -0.15) is 0 Å². The molecule has 0 spiro atoms. The van der Waals surface area contributed by atoms with Gasteiger partial charge in [0.25, 0.3) is 0 Å². The van der Waals surface area contributed by atoms with Gasteiger partial charge in [0.2, 0.25) is 0 Å². The lowest BCUT2D eigenvalue weighted by Gasteiger charge is -1.97. The highest BCUT2D eigenvalue weighted by Crippen LogP contribution is 2.21. The summed E-state index contributed by atoms with van der Waals surface area (Å²) in [5.74, 6) is 0. The molecule has 1 fully saturated rings. The normalized spacial score (nSPS) is 15.1. The van der Waals surface area contributed by atoms with Gasteiger partial charge in [-0.05, 0) is 24.5 Å². The van der Waals surface area contributed by atoms with E-state index in [-0.39, 0.29) is 0 Å². The Bertz CT molecular complexity index is 476. The molecule has 3 rings (SSSR count). The Hall–Kier alpha value is -1.26. The van der Waals surface area contributed by atoms with Crippen molar-refractivity contribution in [1.29, 1.82) is 0 Å². The molecule has 1 N–H and O–H groups in total. The minimum absolute atomic E-state index is 0.763. The minimum Gasteiger partial charge on any atom is -0.309 e. The summed E-state index contributed by atoms with van der Waals surface area (Å²) < 4.78 is 0. The molecule has 4 heteroatoms. The predicted octanol–water partition coefficient (Wildman–Crippen LogP) is 2.38. The van der Waals surface area contributed by atoms with E-state index in [1.165, 1.54) is 28.3 Å². The van der Waals surface area contributed by atoms with Gasteiger partial charge in [-0.25, -0.2) is 4.98 Å². The van der Waals surface area contributed by atoms with Crippen LogP contribution >= 0.6 is 11.3 Å². The molecule has 2 heterocycles. The topological polar surface area (TPSA) is 37.8 Å². The van der Waals surface area contributed by atoms with Crippen molar-refractivity contribution >= 4 is 11.3 Å². The van der Waals surface area contributed by atoms with Gasteiger partial charge in [0.1, 0.15) is 0 Å². The van der Waals surface area contributed by atoms with Crippen LogP contribution < -0.4 is 5.32 Å². The lowest BCUT2D eigenvalue weighted by Crippen LogP contribution is -2.14. The molecule has 0 radical (unpaired) electrons. The fourth-order valence-corrected chi connectivity index (χ4v) is 2.63. The number of aromatic nitrogens is 2. The Morgan fingerprint density at radius 2 is 2.29 bits per heavy atom. The van der Waals surface area contributed by atoms with E-state index in [4.69, 9.17) is 0 Å². The van der Waals surface area contributed by atoms with Crippen LogP contribution in [0.1, 0.15) is 28.3 Å². The number of pyridine rings is 1. The highest BCUT2D eigenvalue weighted by atomic mass is 32.1. The zero-order valence-electron chi connectivity index (χ0n) is 9.60. The summed E-state index contributed by atoms with van der Waals surface area (Å²) in [6.07, 6.45) is 9.26. The maximum atomic E-state index is 4.46.